The number of benzene rings is 1. The fraction of sp³-hybridized carbons (Fsp3) is 0.579. The Morgan fingerprint density at radius 3 is 2.14 bits per heavy atom. The third-order valence-electron chi connectivity index (χ3n) is 4.40. The number of hydrogen-bond acceptors (Lipinski definition) is 9. The van der Waals surface area contributed by atoms with E-state index < -0.39 is 37.3 Å². The van der Waals surface area contributed by atoms with Gasteiger partial charge >= 0.3 is 0 Å². The van der Waals surface area contributed by atoms with Gasteiger partial charge in [0.05, 0.1) is 27.9 Å². The first-order chi connectivity index (χ1) is 13.5. The van der Waals surface area contributed by atoms with Gasteiger partial charge in [-0.25, -0.2) is 0 Å². The molecular weight excluding hydrogens is 372 g/mol. The van der Waals surface area contributed by atoms with Crippen molar-refractivity contribution in [2.75, 3.05) is 35.0 Å². The van der Waals surface area contributed by atoms with Crippen LogP contribution >= 0.6 is 0 Å². The molecule has 1 heterocycles. The van der Waals surface area contributed by atoms with Gasteiger partial charge in [0, 0.05) is 31.2 Å². The Hall–Kier alpha value is -2.22. The largest absolute Gasteiger partial charge is 0.496 e. The van der Waals surface area contributed by atoms with Crippen LogP contribution < -0.4 is 14.2 Å². The Morgan fingerprint density at radius 2 is 1.64 bits per heavy atom. The molecule has 0 aliphatic carbocycles. The van der Waals surface area contributed by atoms with Crippen LogP contribution in [0.3, 0.4) is 0 Å². The molecule has 1 saturated heterocycles. The fourth-order valence-corrected chi connectivity index (χ4v) is 2.87. The van der Waals surface area contributed by atoms with E-state index in [1.54, 1.807) is 19.2 Å². The molecule has 1 aromatic rings. The summed E-state index contributed by atoms with van der Waals surface area (Å²) in [5.41, 5.74) is 0.693. The van der Waals surface area contributed by atoms with E-state index in [9.17, 15) is 15.3 Å². The van der Waals surface area contributed by atoms with Gasteiger partial charge in [0.15, 0.2) is 12.4 Å². The molecule has 0 radical (unpaired) electrons. The molecule has 156 valence electrons. The van der Waals surface area contributed by atoms with Crippen LogP contribution in [-0.2, 0) is 20.6 Å². The maximum absolute atomic E-state index is 10.2. The van der Waals surface area contributed by atoms with Crippen LogP contribution in [-0.4, -0.2) is 81.1 Å². The van der Waals surface area contributed by atoms with Gasteiger partial charge in [-0.05, 0) is 0 Å². The van der Waals surface area contributed by atoms with Gasteiger partial charge < -0.3 is 43.7 Å². The molecule has 1 aliphatic heterocycles. The van der Waals surface area contributed by atoms with Crippen molar-refractivity contribution in [3.05, 3.63) is 17.7 Å². The zero-order valence-corrected chi connectivity index (χ0v) is 16.2. The highest BCUT2D eigenvalue weighted by molar-refractivity contribution is 5.52. The first-order valence-corrected chi connectivity index (χ1v) is 8.58. The van der Waals surface area contributed by atoms with Crippen LogP contribution in [0.25, 0.3) is 0 Å². The number of aliphatic hydroxyl groups is 3. The summed E-state index contributed by atoms with van der Waals surface area (Å²) in [6.07, 6.45) is -2.96. The van der Waals surface area contributed by atoms with E-state index in [0.717, 1.165) is 0 Å². The number of rotatable bonds is 7. The molecule has 3 N–H and O–H groups in total. The normalized spacial score (nSPS) is 26.8. The van der Waals surface area contributed by atoms with E-state index in [2.05, 4.69) is 12.0 Å². The minimum absolute atomic E-state index is 0.225. The van der Waals surface area contributed by atoms with Crippen LogP contribution in [0, 0.1) is 12.0 Å². The van der Waals surface area contributed by atoms with Gasteiger partial charge in [0.25, 0.3) is 0 Å². The van der Waals surface area contributed by atoms with Gasteiger partial charge in [-0.15, -0.1) is 0 Å². The predicted octanol–water partition coefficient (Wildman–Crippen LogP) is -0.314. The maximum Gasteiger partial charge on any atom is 0.187 e. The molecule has 1 aromatic carbocycles. The first-order valence-electron chi connectivity index (χ1n) is 8.58. The van der Waals surface area contributed by atoms with Gasteiger partial charge in [-0.3, -0.25) is 0 Å². The van der Waals surface area contributed by atoms with E-state index in [4.69, 9.17) is 28.4 Å². The van der Waals surface area contributed by atoms with Crippen molar-refractivity contribution in [1.29, 1.82) is 0 Å². The molecule has 0 spiro atoms. The molecule has 9 heteroatoms. The molecule has 9 nitrogen and oxygen atoms in total. The minimum atomic E-state index is -1.28. The highest BCUT2D eigenvalue weighted by Gasteiger charge is 2.46. The third-order valence-corrected chi connectivity index (χ3v) is 4.40. The maximum atomic E-state index is 10.2. The summed E-state index contributed by atoms with van der Waals surface area (Å²) in [5.74, 6) is 4.46. The van der Waals surface area contributed by atoms with E-state index in [-0.39, 0.29) is 6.42 Å². The van der Waals surface area contributed by atoms with Gasteiger partial charge in [-0.1, -0.05) is 5.92 Å². The second-order valence-corrected chi connectivity index (χ2v) is 5.99. The Kier molecular flexibility index (Phi) is 8.17. The summed E-state index contributed by atoms with van der Waals surface area (Å²) < 4.78 is 31.5. The number of hydrogen-bond donors (Lipinski definition) is 3. The standard InChI is InChI=1S/C19H26O9/c1-23-11-8-13(24-2)12(14(9-11)25-3)6-5-7-27-18-16(21)15(10-20)28-19(26-4)17(18)22/h8-9,15-22H,6,10H2,1-4H3/t15-,16+,17-,18+,19-/m1/s1. The summed E-state index contributed by atoms with van der Waals surface area (Å²) in [6.45, 7) is -0.457. The Labute approximate surface area is 163 Å². The summed E-state index contributed by atoms with van der Waals surface area (Å²) in [6, 6.07) is 3.42. The van der Waals surface area contributed by atoms with Crippen LogP contribution in [0.15, 0.2) is 12.1 Å². The van der Waals surface area contributed by atoms with Gasteiger partial charge in [0.1, 0.15) is 41.7 Å². The van der Waals surface area contributed by atoms with Crippen LogP contribution in [0.2, 0.25) is 0 Å². The zero-order valence-electron chi connectivity index (χ0n) is 16.2. The molecule has 5 atom stereocenters. The SMILES string of the molecule is COc1cc(OC)c(CC#CO[C@H]2[C@@H](O)[C@@H](CO)O[C@@H](OC)[C@@H]2O)c(OC)c1. The number of ether oxygens (including phenoxy) is 6. The van der Waals surface area contributed by atoms with Crippen molar-refractivity contribution in [2.24, 2.45) is 0 Å². The second kappa shape index (κ2) is 10.4. The molecule has 0 unspecified atom stereocenters. The van der Waals surface area contributed by atoms with E-state index in [1.807, 2.05) is 0 Å². The monoisotopic (exact) mass is 398 g/mol. The number of methoxy groups -OCH3 is 4. The summed E-state index contributed by atoms with van der Waals surface area (Å²) in [4.78, 5) is 0. The Bertz CT molecular complexity index is 655. The van der Waals surface area contributed by atoms with E-state index >= 15 is 0 Å². The quantitative estimate of drug-likeness (QED) is 0.532. The topological polar surface area (TPSA) is 116 Å². The lowest BCUT2D eigenvalue weighted by Gasteiger charge is -2.40. The smallest absolute Gasteiger partial charge is 0.187 e. The third kappa shape index (κ3) is 4.79. The second-order valence-electron chi connectivity index (χ2n) is 5.99. The molecule has 1 fully saturated rings. The van der Waals surface area contributed by atoms with Crippen molar-refractivity contribution < 1.29 is 43.7 Å². The number of aliphatic hydroxyl groups excluding tert-OH is 3. The highest BCUT2D eigenvalue weighted by atomic mass is 16.7. The van der Waals surface area contributed by atoms with E-state index in [1.165, 1.54) is 21.3 Å². The average molecular weight is 398 g/mol. The molecule has 0 saturated carbocycles. The first kappa shape index (κ1) is 22.1. The molecule has 0 amide bonds. The van der Waals surface area contributed by atoms with E-state index in [0.29, 0.717) is 22.8 Å². The van der Waals surface area contributed by atoms with Crippen molar-refractivity contribution in [3.8, 4) is 29.3 Å². The molecule has 1 aliphatic rings. The fourth-order valence-electron chi connectivity index (χ4n) is 2.87. The van der Waals surface area contributed by atoms with Crippen molar-refractivity contribution >= 4 is 0 Å². The lowest BCUT2D eigenvalue weighted by Crippen LogP contribution is -2.59. The van der Waals surface area contributed by atoms with Crippen molar-refractivity contribution in [1.82, 2.24) is 0 Å². The zero-order chi connectivity index (χ0) is 20.7. The van der Waals surface area contributed by atoms with Crippen molar-refractivity contribution in [3.63, 3.8) is 0 Å². The minimum Gasteiger partial charge on any atom is -0.496 e. The predicted molar refractivity (Wildman–Crippen MR) is 97.2 cm³/mol. The average Bonchev–Trinajstić information content (AvgIpc) is 2.72. The van der Waals surface area contributed by atoms with Crippen LogP contribution in [0.5, 0.6) is 17.2 Å². The molecule has 2 rings (SSSR count). The Morgan fingerprint density at radius 1 is 1.00 bits per heavy atom. The van der Waals surface area contributed by atoms with Gasteiger partial charge in [-0.2, -0.15) is 0 Å². The van der Waals surface area contributed by atoms with Crippen molar-refractivity contribution in [2.45, 2.75) is 37.1 Å². The van der Waals surface area contributed by atoms with Gasteiger partial charge in [0.2, 0.25) is 0 Å². The molecule has 0 aromatic heterocycles. The molecule has 28 heavy (non-hydrogen) atoms. The molecule has 0 bridgehead atoms. The summed E-state index contributed by atoms with van der Waals surface area (Å²) >= 11 is 0. The lowest BCUT2D eigenvalue weighted by molar-refractivity contribution is -0.293. The summed E-state index contributed by atoms with van der Waals surface area (Å²) in [7, 11) is 5.93. The summed E-state index contributed by atoms with van der Waals surface area (Å²) in [5, 5.41) is 29.7. The molecular formula is C19H26O9. The Balaban J connectivity index is 2.14. The lowest BCUT2D eigenvalue weighted by atomic mass is 9.99. The van der Waals surface area contributed by atoms with Crippen LogP contribution in [0.1, 0.15) is 5.56 Å². The van der Waals surface area contributed by atoms with Crippen LogP contribution in [0.4, 0.5) is 0 Å². The highest BCUT2D eigenvalue weighted by Crippen LogP contribution is 2.34.